The summed E-state index contributed by atoms with van der Waals surface area (Å²) < 4.78 is 7.00. The van der Waals surface area contributed by atoms with Crippen LogP contribution < -0.4 is 20.7 Å². The molecule has 3 unspecified atom stereocenters. The fraction of sp³-hybridized carbons (Fsp3) is 0.333. The van der Waals surface area contributed by atoms with Gasteiger partial charge in [0.15, 0.2) is 0 Å². The van der Waals surface area contributed by atoms with Gasteiger partial charge in [-0.1, -0.05) is 21.1 Å². The van der Waals surface area contributed by atoms with Crippen molar-refractivity contribution in [2.75, 3.05) is 25.1 Å². The van der Waals surface area contributed by atoms with Crippen LogP contribution >= 0.6 is 9.24 Å². The van der Waals surface area contributed by atoms with Gasteiger partial charge in [0.25, 0.3) is 0 Å². The van der Waals surface area contributed by atoms with Gasteiger partial charge in [0, 0.05) is 72.3 Å². The number of nitrogens with two attached hydrogens (primary N) is 1. The summed E-state index contributed by atoms with van der Waals surface area (Å²) in [7, 11) is 4.35. The molecule has 0 aliphatic carbocycles. The van der Waals surface area contributed by atoms with E-state index in [0.29, 0.717) is 23.5 Å². The lowest BCUT2D eigenvalue weighted by Crippen LogP contribution is -2.68. The molecule has 9 nitrogen and oxygen atoms in total. The van der Waals surface area contributed by atoms with Crippen molar-refractivity contribution < 1.29 is 4.74 Å². The van der Waals surface area contributed by atoms with Gasteiger partial charge < -0.3 is 15.4 Å². The van der Waals surface area contributed by atoms with Gasteiger partial charge in [0.2, 0.25) is 5.88 Å². The molecule has 2 N–H and O–H groups in total. The molecule has 0 aromatic carbocycles. The van der Waals surface area contributed by atoms with Crippen molar-refractivity contribution in [3.8, 4) is 34.9 Å². The van der Waals surface area contributed by atoms with Gasteiger partial charge in [-0.05, 0) is 50.1 Å². The van der Waals surface area contributed by atoms with Crippen molar-refractivity contribution in [3.05, 3.63) is 65.7 Å². The molecule has 0 spiro atoms. The Balaban J connectivity index is 1.21. The molecule has 4 aromatic heterocycles. The molecular formula is C30H31N8OP. The first-order valence-corrected chi connectivity index (χ1v) is 13.8. The minimum atomic E-state index is -0.617. The zero-order chi connectivity index (χ0) is 28.0. The fourth-order valence-corrected chi connectivity index (χ4v) is 5.98. The topological polar surface area (TPSA) is 109 Å². The molecule has 3 saturated heterocycles. The van der Waals surface area contributed by atoms with Crippen LogP contribution in [0.15, 0.2) is 49.1 Å². The molecule has 0 radical (unpaired) electrons. The van der Waals surface area contributed by atoms with Gasteiger partial charge in [0.05, 0.1) is 29.9 Å². The number of pyridine rings is 3. The summed E-state index contributed by atoms with van der Waals surface area (Å²) in [6.45, 7) is 6.49. The van der Waals surface area contributed by atoms with Crippen molar-refractivity contribution in [1.82, 2.24) is 24.5 Å². The van der Waals surface area contributed by atoms with Crippen molar-refractivity contribution in [2.24, 2.45) is 5.73 Å². The summed E-state index contributed by atoms with van der Waals surface area (Å²) in [6.07, 6.45) is 8.40. The number of nitrogens with zero attached hydrogens (tertiary/aromatic N) is 7. The van der Waals surface area contributed by atoms with E-state index < -0.39 is 5.54 Å². The molecule has 2 bridgehead atoms. The number of rotatable bonds is 5. The lowest BCUT2D eigenvalue weighted by molar-refractivity contribution is -0.00874. The third-order valence-electron chi connectivity index (χ3n) is 7.48. The molecule has 40 heavy (non-hydrogen) atoms. The maximum atomic E-state index is 9.69. The number of aromatic nitrogens is 4. The molecule has 0 saturated carbocycles. The van der Waals surface area contributed by atoms with Crippen LogP contribution in [0.4, 0.5) is 5.82 Å². The Bertz CT molecular complexity index is 1680. The minimum absolute atomic E-state index is 0.488. The van der Waals surface area contributed by atoms with E-state index >= 15 is 0 Å². The van der Waals surface area contributed by atoms with Gasteiger partial charge >= 0.3 is 0 Å². The molecule has 0 amide bonds. The van der Waals surface area contributed by atoms with Crippen LogP contribution in [0.25, 0.3) is 16.6 Å². The second kappa shape index (κ2) is 10.2. The van der Waals surface area contributed by atoms with Gasteiger partial charge in [-0.3, -0.25) is 4.90 Å². The van der Waals surface area contributed by atoms with E-state index in [1.165, 1.54) is 12.0 Å². The zero-order valence-corrected chi connectivity index (χ0v) is 24.0. The summed E-state index contributed by atoms with van der Waals surface area (Å²) in [5, 5.41) is 15.1. The van der Waals surface area contributed by atoms with Crippen LogP contribution in [0.1, 0.15) is 37.0 Å². The SMILES string of the molecule is COc1ncc(CN2C3CC2CN(c2ccc(-c4cc(C#CC(C)(C)N)cn5ncc(C#N)c45)cn2)C3)cc1P. The van der Waals surface area contributed by atoms with Gasteiger partial charge in [-0.15, -0.1) is 0 Å². The number of nitriles is 1. The predicted molar refractivity (Wildman–Crippen MR) is 158 cm³/mol. The van der Waals surface area contributed by atoms with E-state index in [0.717, 1.165) is 53.0 Å². The third-order valence-corrected chi connectivity index (χ3v) is 7.90. The van der Waals surface area contributed by atoms with Crippen LogP contribution in [0, 0.1) is 23.2 Å². The predicted octanol–water partition coefficient (Wildman–Crippen LogP) is 2.72. The van der Waals surface area contributed by atoms with E-state index in [9.17, 15) is 5.26 Å². The average Bonchev–Trinajstić information content (AvgIpc) is 3.37. The summed E-state index contributed by atoms with van der Waals surface area (Å²) in [6, 6.07) is 11.5. The minimum Gasteiger partial charge on any atom is -0.481 e. The van der Waals surface area contributed by atoms with Crippen molar-refractivity contribution >= 4 is 25.9 Å². The highest BCUT2D eigenvalue weighted by Crippen LogP contribution is 2.36. The van der Waals surface area contributed by atoms with Gasteiger partial charge in [-0.25, -0.2) is 14.5 Å². The Labute approximate surface area is 236 Å². The third kappa shape index (κ3) is 5.00. The largest absolute Gasteiger partial charge is 0.481 e. The highest BCUT2D eigenvalue weighted by atomic mass is 31.0. The summed E-state index contributed by atoms with van der Waals surface area (Å²) in [5.41, 5.74) is 10.4. The normalized spacial score (nSPS) is 18.6. The first-order valence-electron chi connectivity index (χ1n) is 13.2. The number of anilines is 1. The molecule has 3 aliphatic rings. The van der Waals surface area contributed by atoms with Gasteiger partial charge in [0.1, 0.15) is 11.9 Å². The number of ether oxygens (including phenoxy) is 1. The smallest absolute Gasteiger partial charge is 0.220 e. The maximum absolute atomic E-state index is 9.69. The number of hydrogen-bond acceptors (Lipinski definition) is 8. The maximum Gasteiger partial charge on any atom is 0.220 e. The Morgan fingerprint density at radius 2 is 1.95 bits per heavy atom. The molecular weight excluding hydrogens is 519 g/mol. The number of methoxy groups -OCH3 is 1. The van der Waals surface area contributed by atoms with Crippen LogP contribution in [-0.2, 0) is 6.54 Å². The second-order valence-corrected chi connectivity index (χ2v) is 11.7. The molecule has 3 atom stereocenters. The Morgan fingerprint density at radius 1 is 1.15 bits per heavy atom. The molecule has 4 aromatic rings. The average molecular weight is 551 g/mol. The van der Waals surface area contributed by atoms with Crippen molar-refractivity contribution in [3.63, 3.8) is 0 Å². The quantitative estimate of drug-likeness (QED) is 0.299. The summed E-state index contributed by atoms with van der Waals surface area (Å²) in [5.74, 6) is 7.84. The molecule has 7 heterocycles. The van der Waals surface area contributed by atoms with Crippen LogP contribution in [-0.4, -0.2) is 62.3 Å². The number of fused-ring (bicyclic) bond motifs is 3. The van der Waals surface area contributed by atoms with Gasteiger partial charge in [-0.2, -0.15) is 10.4 Å². The monoisotopic (exact) mass is 550 g/mol. The fourth-order valence-electron chi connectivity index (χ4n) is 5.57. The zero-order valence-electron chi connectivity index (χ0n) is 22.8. The lowest BCUT2D eigenvalue weighted by Gasteiger charge is -2.56. The highest BCUT2D eigenvalue weighted by Gasteiger charge is 2.44. The Morgan fingerprint density at radius 3 is 2.60 bits per heavy atom. The molecule has 3 fully saturated rings. The first kappa shape index (κ1) is 26.2. The Kier molecular flexibility index (Phi) is 6.68. The molecule has 7 rings (SSSR count). The first-order chi connectivity index (χ1) is 19.2. The highest BCUT2D eigenvalue weighted by molar-refractivity contribution is 7.27. The molecule has 3 aliphatic heterocycles. The van der Waals surface area contributed by atoms with E-state index in [1.54, 1.807) is 17.8 Å². The van der Waals surface area contributed by atoms with Crippen LogP contribution in [0.5, 0.6) is 5.88 Å². The second-order valence-electron chi connectivity index (χ2n) is 11.0. The summed E-state index contributed by atoms with van der Waals surface area (Å²) in [4.78, 5) is 14.2. The standard InChI is InChI=1S/C30H31N8OP/c1-30(2,32)7-6-19-8-25(28-22(11-31)14-35-38(28)16-19)21-4-5-27(33-13-21)36-17-23-10-24(18-36)37(23)15-20-9-26(40)29(39-3)34-12-20/h4-5,8-9,12-14,16,23-24H,10,15,17-18,32,40H2,1-3H3. The number of piperidine rings is 1. The summed E-state index contributed by atoms with van der Waals surface area (Å²) >= 11 is 0. The molecule has 10 heteroatoms. The number of hydrogen-bond donors (Lipinski definition) is 1. The Hall–Kier alpha value is -4.01. The van der Waals surface area contributed by atoms with Crippen molar-refractivity contribution in [2.45, 2.75) is 44.4 Å². The van der Waals surface area contributed by atoms with E-state index in [1.807, 2.05) is 38.5 Å². The van der Waals surface area contributed by atoms with Crippen LogP contribution in [0.3, 0.4) is 0 Å². The van der Waals surface area contributed by atoms with E-state index in [-0.39, 0.29) is 0 Å². The van der Waals surface area contributed by atoms with E-state index in [4.69, 9.17) is 15.5 Å². The molecule has 202 valence electrons. The van der Waals surface area contributed by atoms with E-state index in [2.05, 4.69) is 65.2 Å². The van der Waals surface area contributed by atoms with Crippen molar-refractivity contribution in [1.29, 1.82) is 5.26 Å². The lowest BCUT2D eigenvalue weighted by atomic mass is 9.87. The van der Waals surface area contributed by atoms with Crippen LogP contribution in [0.2, 0.25) is 0 Å². The number of piperazine rings is 1.